The first-order valence-electron chi connectivity index (χ1n) is 8.21. The Morgan fingerprint density at radius 3 is 2.50 bits per heavy atom. The standard InChI is InChI=1S/C16H26N2O2/c1-12-11-17-9-6-13(12)18-14(19)10-16(15(18)20)7-4-2-3-5-8-16/h12-13,17H,2-11H2,1H3. The van der Waals surface area contributed by atoms with Crippen LogP contribution in [0.25, 0.3) is 0 Å². The molecule has 1 N–H and O–H groups in total. The molecule has 2 unspecified atom stereocenters. The van der Waals surface area contributed by atoms with Gasteiger partial charge in [0.15, 0.2) is 0 Å². The zero-order valence-electron chi connectivity index (χ0n) is 12.5. The Morgan fingerprint density at radius 1 is 1.15 bits per heavy atom. The minimum Gasteiger partial charge on any atom is -0.316 e. The van der Waals surface area contributed by atoms with Gasteiger partial charge in [0, 0.05) is 12.5 Å². The third-order valence-corrected chi connectivity index (χ3v) is 5.56. The summed E-state index contributed by atoms with van der Waals surface area (Å²) in [5.74, 6) is 0.622. The van der Waals surface area contributed by atoms with E-state index in [1.165, 1.54) is 12.8 Å². The Hall–Kier alpha value is -0.900. The van der Waals surface area contributed by atoms with Gasteiger partial charge in [-0.25, -0.2) is 0 Å². The van der Waals surface area contributed by atoms with Crippen molar-refractivity contribution in [1.82, 2.24) is 10.2 Å². The molecule has 2 aliphatic heterocycles. The van der Waals surface area contributed by atoms with E-state index in [1.807, 2.05) is 0 Å². The van der Waals surface area contributed by atoms with Crippen molar-refractivity contribution in [2.45, 2.75) is 64.3 Å². The number of hydrogen-bond donors (Lipinski definition) is 1. The van der Waals surface area contributed by atoms with Crippen molar-refractivity contribution in [2.24, 2.45) is 11.3 Å². The van der Waals surface area contributed by atoms with Crippen LogP contribution in [0.15, 0.2) is 0 Å². The molecule has 2 saturated heterocycles. The van der Waals surface area contributed by atoms with E-state index in [2.05, 4.69) is 12.2 Å². The Morgan fingerprint density at radius 2 is 1.85 bits per heavy atom. The van der Waals surface area contributed by atoms with E-state index in [1.54, 1.807) is 4.90 Å². The molecule has 3 fully saturated rings. The maximum absolute atomic E-state index is 13.0. The van der Waals surface area contributed by atoms with Gasteiger partial charge in [0.25, 0.3) is 0 Å². The Labute approximate surface area is 121 Å². The molecule has 2 amide bonds. The van der Waals surface area contributed by atoms with E-state index in [0.29, 0.717) is 12.3 Å². The summed E-state index contributed by atoms with van der Waals surface area (Å²) in [4.78, 5) is 27.1. The molecular formula is C16H26N2O2. The highest BCUT2D eigenvalue weighted by Gasteiger charge is 2.53. The van der Waals surface area contributed by atoms with Gasteiger partial charge in [-0.05, 0) is 38.3 Å². The molecule has 2 atom stereocenters. The zero-order chi connectivity index (χ0) is 14.2. The molecule has 1 saturated carbocycles. The summed E-state index contributed by atoms with van der Waals surface area (Å²) < 4.78 is 0. The monoisotopic (exact) mass is 278 g/mol. The predicted octanol–water partition coefficient (Wildman–Crippen LogP) is 2.08. The molecule has 4 nitrogen and oxygen atoms in total. The smallest absolute Gasteiger partial charge is 0.236 e. The molecule has 2 heterocycles. The molecule has 0 aromatic heterocycles. The molecule has 0 aromatic rings. The normalized spacial score (nSPS) is 34.5. The van der Waals surface area contributed by atoms with E-state index < -0.39 is 0 Å². The molecule has 112 valence electrons. The van der Waals surface area contributed by atoms with Crippen molar-refractivity contribution in [3.05, 3.63) is 0 Å². The minimum atomic E-state index is -0.335. The first-order chi connectivity index (χ1) is 9.64. The summed E-state index contributed by atoms with van der Waals surface area (Å²) in [5.41, 5.74) is -0.335. The number of carbonyl (C=O) groups excluding carboxylic acids is 2. The topological polar surface area (TPSA) is 49.4 Å². The summed E-state index contributed by atoms with van der Waals surface area (Å²) in [6, 6.07) is 0.124. The van der Waals surface area contributed by atoms with Crippen LogP contribution in [0.3, 0.4) is 0 Å². The fourth-order valence-electron chi connectivity index (χ4n) is 4.33. The average Bonchev–Trinajstić information content (AvgIpc) is 2.60. The summed E-state index contributed by atoms with van der Waals surface area (Å²) >= 11 is 0. The van der Waals surface area contributed by atoms with Gasteiger partial charge in [0.2, 0.25) is 11.8 Å². The SMILES string of the molecule is CC1CNCCC1N1C(=O)CC2(CCCCCC2)C1=O. The van der Waals surface area contributed by atoms with Crippen molar-refractivity contribution in [3.8, 4) is 0 Å². The molecule has 0 aromatic carbocycles. The molecular weight excluding hydrogens is 252 g/mol. The lowest BCUT2D eigenvalue weighted by molar-refractivity contribution is -0.146. The quantitative estimate of drug-likeness (QED) is 0.747. The highest BCUT2D eigenvalue weighted by molar-refractivity contribution is 6.06. The van der Waals surface area contributed by atoms with Crippen LogP contribution >= 0.6 is 0 Å². The van der Waals surface area contributed by atoms with Gasteiger partial charge < -0.3 is 5.32 Å². The number of piperidine rings is 1. The van der Waals surface area contributed by atoms with Crippen LogP contribution in [0.2, 0.25) is 0 Å². The number of nitrogens with zero attached hydrogens (tertiary/aromatic N) is 1. The molecule has 0 bridgehead atoms. The Bertz CT molecular complexity index is 399. The van der Waals surface area contributed by atoms with Gasteiger partial charge in [-0.2, -0.15) is 0 Å². The van der Waals surface area contributed by atoms with E-state index in [9.17, 15) is 9.59 Å². The summed E-state index contributed by atoms with van der Waals surface area (Å²) in [5, 5.41) is 3.35. The highest BCUT2D eigenvalue weighted by Crippen LogP contribution is 2.45. The van der Waals surface area contributed by atoms with Crippen LogP contribution in [0, 0.1) is 11.3 Å². The van der Waals surface area contributed by atoms with Crippen LogP contribution in [-0.2, 0) is 9.59 Å². The number of rotatable bonds is 1. The first kappa shape index (κ1) is 14.1. The summed E-state index contributed by atoms with van der Waals surface area (Å²) in [6.07, 6.45) is 7.88. The van der Waals surface area contributed by atoms with Crippen molar-refractivity contribution >= 4 is 11.8 Å². The van der Waals surface area contributed by atoms with Crippen LogP contribution in [0.1, 0.15) is 58.3 Å². The number of hydrogen-bond acceptors (Lipinski definition) is 3. The average molecular weight is 278 g/mol. The molecule has 3 rings (SSSR count). The van der Waals surface area contributed by atoms with E-state index in [-0.39, 0.29) is 23.3 Å². The van der Waals surface area contributed by atoms with Crippen molar-refractivity contribution in [2.75, 3.05) is 13.1 Å². The summed E-state index contributed by atoms with van der Waals surface area (Å²) in [6.45, 7) is 3.98. The van der Waals surface area contributed by atoms with Gasteiger partial charge >= 0.3 is 0 Å². The molecule has 20 heavy (non-hydrogen) atoms. The third-order valence-electron chi connectivity index (χ3n) is 5.56. The largest absolute Gasteiger partial charge is 0.316 e. The molecule has 3 aliphatic rings. The Kier molecular flexibility index (Phi) is 3.85. The second-order valence-corrected chi connectivity index (χ2v) is 6.98. The van der Waals surface area contributed by atoms with E-state index in [4.69, 9.17) is 0 Å². The van der Waals surface area contributed by atoms with Crippen molar-refractivity contribution in [1.29, 1.82) is 0 Å². The van der Waals surface area contributed by atoms with Crippen molar-refractivity contribution < 1.29 is 9.59 Å². The lowest BCUT2D eigenvalue weighted by Gasteiger charge is -2.36. The zero-order valence-corrected chi connectivity index (χ0v) is 12.5. The lowest BCUT2D eigenvalue weighted by Crippen LogP contribution is -2.51. The summed E-state index contributed by atoms with van der Waals surface area (Å²) in [7, 11) is 0. The van der Waals surface area contributed by atoms with Gasteiger partial charge in [-0.15, -0.1) is 0 Å². The maximum Gasteiger partial charge on any atom is 0.236 e. The number of amides is 2. The van der Waals surface area contributed by atoms with Gasteiger partial charge in [-0.1, -0.05) is 32.6 Å². The Balaban J connectivity index is 1.82. The molecule has 0 radical (unpaired) electrons. The van der Waals surface area contributed by atoms with Gasteiger partial charge in [0.1, 0.15) is 0 Å². The second kappa shape index (κ2) is 5.47. The number of imide groups is 1. The highest BCUT2D eigenvalue weighted by atomic mass is 16.2. The third kappa shape index (κ3) is 2.28. The molecule has 4 heteroatoms. The molecule has 1 spiro atoms. The van der Waals surface area contributed by atoms with Gasteiger partial charge in [-0.3, -0.25) is 14.5 Å². The van der Waals surface area contributed by atoms with Crippen LogP contribution < -0.4 is 5.32 Å². The van der Waals surface area contributed by atoms with Crippen LogP contribution in [0.5, 0.6) is 0 Å². The fraction of sp³-hybridized carbons (Fsp3) is 0.875. The molecule has 1 aliphatic carbocycles. The fourth-order valence-corrected chi connectivity index (χ4v) is 4.33. The van der Waals surface area contributed by atoms with Crippen molar-refractivity contribution in [3.63, 3.8) is 0 Å². The number of nitrogens with one attached hydrogen (secondary N) is 1. The maximum atomic E-state index is 13.0. The minimum absolute atomic E-state index is 0.0932. The van der Waals surface area contributed by atoms with Crippen LogP contribution in [0.4, 0.5) is 0 Å². The van der Waals surface area contributed by atoms with Crippen LogP contribution in [-0.4, -0.2) is 35.8 Å². The number of carbonyl (C=O) groups is 2. The van der Waals surface area contributed by atoms with E-state index >= 15 is 0 Å². The number of likely N-dealkylation sites (tertiary alicyclic amines) is 1. The first-order valence-corrected chi connectivity index (χ1v) is 8.21. The second-order valence-electron chi connectivity index (χ2n) is 6.98. The van der Waals surface area contributed by atoms with Gasteiger partial charge in [0.05, 0.1) is 5.41 Å². The van der Waals surface area contributed by atoms with E-state index in [0.717, 1.165) is 45.2 Å². The lowest BCUT2D eigenvalue weighted by atomic mass is 9.79. The predicted molar refractivity (Wildman–Crippen MR) is 77.0 cm³/mol.